The summed E-state index contributed by atoms with van der Waals surface area (Å²) in [4.78, 5) is 25.1. The molecule has 0 spiro atoms. The van der Waals surface area contributed by atoms with E-state index in [9.17, 15) is 14.7 Å². The molecule has 0 aliphatic carbocycles. The highest BCUT2D eigenvalue weighted by molar-refractivity contribution is 5.86. The van der Waals surface area contributed by atoms with E-state index in [1.54, 1.807) is 19.1 Å². The molecule has 0 amide bonds. The molecule has 0 bridgehead atoms. The van der Waals surface area contributed by atoms with Gasteiger partial charge in [-0.3, -0.25) is 9.69 Å². The first-order valence-corrected chi connectivity index (χ1v) is 7.88. The molecule has 0 radical (unpaired) electrons. The van der Waals surface area contributed by atoms with Crippen LogP contribution < -0.4 is 0 Å². The molecule has 2 heterocycles. The largest absolute Gasteiger partial charge is 0.480 e. The van der Waals surface area contributed by atoms with Crippen molar-refractivity contribution in [2.45, 2.75) is 32.5 Å². The van der Waals surface area contributed by atoms with Gasteiger partial charge in [-0.1, -0.05) is 24.3 Å². The number of carbonyl (C=O) groups excluding carboxylic acids is 1. The molecular weight excluding hydrogens is 310 g/mol. The molecule has 6 heteroatoms. The predicted molar refractivity (Wildman–Crippen MR) is 85.5 cm³/mol. The molecule has 0 saturated heterocycles. The summed E-state index contributed by atoms with van der Waals surface area (Å²) in [6, 6.07) is 10.5. The van der Waals surface area contributed by atoms with Crippen molar-refractivity contribution in [3.8, 4) is 0 Å². The highest BCUT2D eigenvalue weighted by Crippen LogP contribution is 2.25. The fourth-order valence-electron chi connectivity index (χ4n) is 2.96. The van der Waals surface area contributed by atoms with Crippen LogP contribution in [0.2, 0.25) is 0 Å². The van der Waals surface area contributed by atoms with Crippen molar-refractivity contribution in [3.63, 3.8) is 0 Å². The highest BCUT2D eigenvalue weighted by atomic mass is 16.5. The van der Waals surface area contributed by atoms with Crippen LogP contribution in [0.4, 0.5) is 0 Å². The molecule has 2 aromatic rings. The summed E-state index contributed by atoms with van der Waals surface area (Å²) < 4.78 is 10.4. The fraction of sp³-hybridized carbons (Fsp3) is 0.333. The van der Waals surface area contributed by atoms with E-state index in [1.165, 1.54) is 0 Å². The summed E-state index contributed by atoms with van der Waals surface area (Å²) in [5.41, 5.74) is 2.18. The van der Waals surface area contributed by atoms with E-state index in [1.807, 2.05) is 29.2 Å². The third-order valence-corrected chi connectivity index (χ3v) is 4.13. The Morgan fingerprint density at radius 3 is 2.71 bits per heavy atom. The highest BCUT2D eigenvalue weighted by Gasteiger charge is 2.31. The summed E-state index contributed by atoms with van der Waals surface area (Å²) in [5.74, 6) is -0.691. The maximum absolute atomic E-state index is 11.7. The number of aliphatic carboxylic acids is 1. The number of esters is 1. The van der Waals surface area contributed by atoms with Gasteiger partial charge in [-0.05, 0) is 36.6 Å². The minimum absolute atomic E-state index is 0.135. The van der Waals surface area contributed by atoms with Crippen molar-refractivity contribution in [2.24, 2.45) is 0 Å². The second-order valence-corrected chi connectivity index (χ2v) is 5.72. The van der Waals surface area contributed by atoms with Crippen molar-refractivity contribution in [1.82, 2.24) is 4.90 Å². The number of hydrogen-bond donors (Lipinski definition) is 1. The van der Waals surface area contributed by atoms with Gasteiger partial charge in [0.25, 0.3) is 0 Å². The van der Waals surface area contributed by atoms with Gasteiger partial charge < -0.3 is 14.3 Å². The molecule has 24 heavy (non-hydrogen) atoms. The molecule has 1 aromatic carbocycles. The van der Waals surface area contributed by atoms with Gasteiger partial charge in [0, 0.05) is 6.54 Å². The number of carboxylic acid groups (broad SMARTS) is 1. The standard InChI is InChI=1S/C18H19NO5/c1-2-23-18(22)16-8-7-14(24-16)11-19-10-13-6-4-3-5-12(13)9-15(19)17(20)21/h3-8,15H,2,9-11H2,1H3,(H,20,21). The maximum Gasteiger partial charge on any atom is 0.374 e. The molecule has 1 aromatic heterocycles. The fourth-order valence-corrected chi connectivity index (χ4v) is 2.96. The molecule has 0 fully saturated rings. The van der Waals surface area contributed by atoms with E-state index in [-0.39, 0.29) is 12.4 Å². The number of fused-ring (bicyclic) bond motifs is 1. The molecule has 1 unspecified atom stereocenters. The Labute approximate surface area is 139 Å². The van der Waals surface area contributed by atoms with E-state index < -0.39 is 18.0 Å². The molecule has 126 valence electrons. The summed E-state index contributed by atoms with van der Waals surface area (Å²) in [5, 5.41) is 9.53. The van der Waals surface area contributed by atoms with E-state index in [2.05, 4.69) is 0 Å². The topological polar surface area (TPSA) is 80.0 Å². The van der Waals surface area contributed by atoms with Crippen LogP contribution in [0.3, 0.4) is 0 Å². The van der Waals surface area contributed by atoms with E-state index in [0.29, 0.717) is 25.3 Å². The van der Waals surface area contributed by atoms with Gasteiger partial charge in [0.2, 0.25) is 5.76 Å². The first-order valence-electron chi connectivity index (χ1n) is 7.88. The van der Waals surface area contributed by atoms with Gasteiger partial charge in [-0.25, -0.2) is 4.79 Å². The average molecular weight is 329 g/mol. The lowest BCUT2D eigenvalue weighted by Crippen LogP contribution is -2.44. The third-order valence-electron chi connectivity index (χ3n) is 4.13. The Bertz CT molecular complexity index is 751. The van der Waals surface area contributed by atoms with Crippen LogP contribution in [-0.2, 0) is 29.0 Å². The Morgan fingerprint density at radius 1 is 1.25 bits per heavy atom. The zero-order valence-electron chi connectivity index (χ0n) is 13.4. The van der Waals surface area contributed by atoms with Crippen LogP contribution >= 0.6 is 0 Å². The van der Waals surface area contributed by atoms with Crippen LogP contribution in [0.15, 0.2) is 40.8 Å². The summed E-state index contributed by atoms with van der Waals surface area (Å²) in [7, 11) is 0. The lowest BCUT2D eigenvalue weighted by Gasteiger charge is -2.33. The molecule has 1 aliphatic heterocycles. The molecule has 1 N–H and O–H groups in total. The number of benzene rings is 1. The SMILES string of the molecule is CCOC(=O)c1ccc(CN2Cc3ccccc3CC2C(=O)O)o1. The van der Waals surface area contributed by atoms with Crippen molar-refractivity contribution in [3.05, 3.63) is 59.0 Å². The zero-order valence-corrected chi connectivity index (χ0v) is 13.4. The quantitative estimate of drug-likeness (QED) is 0.849. The maximum atomic E-state index is 11.7. The zero-order chi connectivity index (χ0) is 17.1. The van der Waals surface area contributed by atoms with Crippen molar-refractivity contribution in [1.29, 1.82) is 0 Å². The molecule has 0 saturated carbocycles. The van der Waals surface area contributed by atoms with Crippen molar-refractivity contribution >= 4 is 11.9 Å². The Morgan fingerprint density at radius 2 is 2.00 bits per heavy atom. The Balaban J connectivity index is 1.78. The van der Waals surface area contributed by atoms with Crippen molar-refractivity contribution in [2.75, 3.05) is 6.61 Å². The molecule has 6 nitrogen and oxygen atoms in total. The van der Waals surface area contributed by atoms with Crippen LogP contribution in [0.5, 0.6) is 0 Å². The number of carbonyl (C=O) groups is 2. The summed E-state index contributed by atoms with van der Waals surface area (Å²) in [6.45, 7) is 2.86. The number of furan rings is 1. The van der Waals surface area contributed by atoms with Gasteiger partial charge >= 0.3 is 11.9 Å². The van der Waals surface area contributed by atoms with Crippen LogP contribution in [0.25, 0.3) is 0 Å². The monoisotopic (exact) mass is 329 g/mol. The van der Waals surface area contributed by atoms with Crippen LogP contribution in [0.1, 0.15) is 34.4 Å². The summed E-state index contributed by atoms with van der Waals surface area (Å²) in [6.07, 6.45) is 0.455. The first-order chi connectivity index (χ1) is 11.6. The predicted octanol–water partition coefficient (Wildman–Crippen LogP) is 2.47. The smallest absolute Gasteiger partial charge is 0.374 e. The van der Waals surface area contributed by atoms with E-state index in [0.717, 1.165) is 11.1 Å². The minimum Gasteiger partial charge on any atom is -0.480 e. The van der Waals surface area contributed by atoms with E-state index in [4.69, 9.17) is 9.15 Å². The molecular formula is C18H19NO5. The van der Waals surface area contributed by atoms with Crippen LogP contribution in [0, 0.1) is 0 Å². The molecule has 3 rings (SSSR count). The average Bonchev–Trinajstić information content (AvgIpc) is 3.03. The summed E-state index contributed by atoms with van der Waals surface area (Å²) >= 11 is 0. The Hall–Kier alpha value is -2.60. The number of ether oxygens (including phenoxy) is 1. The van der Waals surface area contributed by atoms with Gasteiger partial charge in [0.15, 0.2) is 0 Å². The number of hydrogen-bond acceptors (Lipinski definition) is 5. The lowest BCUT2D eigenvalue weighted by molar-refractivity contribution is -0.144. The normalized spacial score (nSPS) is 17.3. The third kappa shape index (κ3) is 3.33. The number of nitrogens with zero attached hydrogens (tertiary/aromatic N) is 1. The van der Waals surface area contributed by atoms with Gasteiger partial charge in [-0.2, -0.15) is 0 Å². The second kappa shape index (κ2) is 6.88. The number of carboxylic acids is 1. The van der Waals surface area contributed by atoms with Gasteiger partial charge in [0.1, 0.15) is 11.8 Å². The van der Waals surface area contributed by atoms with Crippen molar-refractivity contribution < 1.29 is 23.8 Å². The molecule has 1 atom stereocenters. The lowest BCUT2D eigenvalue weighted by atomic mass is 9.94. The van der Waals surface area contributed by atoms with Gasteiger partial charge in [0.05, 0.1) is 13.2 Å². The van der Waals surface area contributed by atoms with Gasteiger partial charge in [-0.15, -0.1) is 0 Å². The minimum atomic E-state index is -0.860. The second-order valence-electron chi connectivity index (χ2n) is 5.72. The molecule has 1 aliphatic rings. The first kappa shape index (κ1) is 16.3. The Kier molecular flexibility index (Phi) is 4.66. The van der Waals surface area contributed by atoms with Crippen LogP contribution in [-0.4, -0.2) is 34.6 Å². The number of rotatable bonds is 5. The van der Waals surface area contributed by atoms with E-state index >= 15 is 0 Å².